The minimum absolute atomic E-state index is 0.0865. The van der Waals surface area contributed by atoms with Crippen molar-refractivity contribution >= 4 is 17.7 Å². The maximum atomic E-state index is 14.7. The number of amides is 3. The monoisotopic (exact) mass is 704 g/mol. The smallest absolute Gasteiger partial charge is 0.246 e. The van der Waals surface area contributed by atoms with Crippen LogP contribution in [0.4, 0.5) is 0 Å². The highest BCUT2D eigenvalue weighted by molar-refractivity contribution is 5.93. The van der Waals surface area contributed by atoms with Crippen LogP contribution < -0.4 is 5.32 Å². The van der Waals surface area contributed by atoms with Gasteiger partial charge in [0.05, 0.1) is 11.5 Å². The Morgan fingerprint density at radius 2 is 1.31 bits per heavy atom. The summed E-state index contributed by atoms with van der Waals surface area (Å²) in [4.78, 5) is 48.7. The number of nitrogens with one attached hydrogen (secondary N) is 1. The minimum Gasteiger partial charge on any atom is -0.391 e. The molecular formula is C44H56N4O4. The number of benzene rings is 3. The molecular weight excluding hydrogens is 649 g/mol. The molecule has 1 aliphatic carbocycles. The first-order chi connectivity index (χ1) is 25.3. The first-order valence-corrected chi connectivity index (χ1v) is 19.8. The number of likely N-dealkylation sites (tertiary alicyclic amines) is 3. The van der Waals surface area contributed by atoms with Crippen LogP contribution in [0.15, 0.2) is 91.0 Å². The predicted molar refractivity (Wildman–Crippen MR) is 203 cm³/mol. The van der Waals surface area contributed by atoms with E-state index < -0.39 is 23.6 Å². The lowest BCUT2D eigenvalue weighted by Crippen LogP contribution is -2.54. The zero-order valence-electron chi connectivity index (χ0n) is 30.7. The van der Waals surface area contributed by atoms with Gasteiger partial charge in [-0.15, -0.1) is 0 Å². The van der Waals surface area contributed by atoms with Crippen LogP contribution in [0.2, 0.25) is 0 Å². The third-order valence-electron chi connectivity index (χ3n) is 12.7. The van der Waals surface area contributed by atoms with E-state index in [2.05, 4.69) is 53.5 Å². The molecule has 3 aromatic rings. The summed E-state index contributed by atoms with van der Waals surface area (Å²) < 4.78 is 0. The van der Waals surface area contributed by atoms with Crippen LogP contribution in [0.25, 0.3) is 0 Å². The second-order valence-corrected chi connectivity index (χ2v) is 15.9. The van der Waals surface area contributed by atoms with Crippen LogP contribution in [0.5, 0.6) is 0 Å². The summed E-state index contributed by atoms with van der Waals surface area (Å²) in [6.45, 7) is 5.73. The highest BCUT2D eigenvalue weighted by atomic mass is 16.3. The molecule has 3 heterocycles. The Kier molecular flexibility index (Phi) is 11.4. The van der Waals surface area contributed by atoms with Crippen LogP contribution in [0.3, 0.4) is 0 Å². The van der Waals surface area contributed by atoms with Gasteiger partial charge < -0.3 is 25.1 Å². The van der Waals surface area contributed by atoms with Crippen molar-refractivity contribution in [2.45, 2.75) is 101 Å². The molecule has 2 N–H and O–H groups in total. The Hall–Kier alpha value is -4.01. The van der Waals surface area contributed by atoms with E-state index in [4.69, 9.17) is 0 Å². The second kappa shape index (κ2) is 16.3. The normalized spacial score (nSPS) is 25.0. The lowest BCUT2D eigenvalue weighted by atomic mass is 9.67. The molecule has 1 unspecified atom stereocenters. The van der Waals surface area contributed by atoms with Crippen LogP contribution in [-0.4, -0.2) is 94.5 Å². The van der Waals surface area contributed by atoms with Gasteiger partial charge >= 0.3 is 0 Å². The molecule has 5 atom stereocenters. The number of nitrogens with zero attached hydrogens (tertiary/aromatic N) is 3. The molecule has 3 saturated heterocycles. The summed E-state index contributed by atoms with van der Waals surface area (Å²) >= 11 is 0. The van der Waals surface area contributed by atoms with E-state index in [9.17, 15) is 19.5 Å². The van der Waals surface area contributed by atoms with Crippen LogP contribution >= 0.6 is 0 Å². The van der Waals surface area contributed by atoms with Crippen molar-refractivity contribution in [3.05, 3.63) is 108 Å². The van der Waals surface area contributed by atoms with Gasteiger partial charge in [0.2, 0.25) is 17.7 Å². The van der Waals surface area contributed by atoms with Gasteiger partial charge in [-0.1, -0.05) is 104 Å². The molecule has 3 amide bonds. The van der Waals surface area contributed by atoms with Crippen molar-refractivity contribution in [3.63, 3.8) is 0 Å². The van der Waals surface area contributed by atoms with Crippen molar-refractivity contribution < 1.29 is 19.5 Å². The maximum absolute atomic E-state index is 14.7. The molecule has 0 spiro atoms. The Morgan fingerprint density at radius 3 is 1.90 bits per heavy atom. The lowest BCUT2D eigenvalue weighted by Gasteiger charge is -2.39. The standard InChI is InChI=1S/C44H56N4O4/c1-32(34-16-11-12-17-34)46-25-13-15-33(30-46)29-45-42(51)39-24-14-26-47(39)43(52)40-27-38(49)31-48(40)41(50)28-44(35-18-5-2-6-19-35,36-20-7-3-8-21-36)37-22-9-4-10-23-37/h2-10,18-23,32-34,38-40,49H,11-17,24-31H2,1H3,(H,45,51)/t32?,33-,38+,39+,40-/m0/s1. The summed E-state index contributed by atoms with van der Waals surface area (Å²) in [6.07, 6.45) is 8.41. The Balaban J connectivity index is 1.06. The van der Waals surface area contributed by atoms with Crippen molar-refractivity contribution in [3.8, 4) is 0 Å². The van der Waals surface area contributed by atoms with Crippen molar-refractivity contribution in [2.75, 3.05) is 32.7 Å². The van der Waals surface area contributed by atoms with Crippen LogP contribution in [0.1, 0.15) is 87.8 Å². The zero-order chi connectivity index (χ0) is 36.1. The number of rotatable bonds is 11. The number of β-amino-alcohol motifs (C(OH)–C–C–N with tert-alkyl or cyclic N) is 1. The number of hydrogen-bond acceptors (Lipinski definition) is 5. The highest BCUT2D eigenvalue weighted by Crippen LogP contribution is 2.43. The predicted octanol–water partition coefficient (Wildman–Crippen LogP) is 5.77. The van der Waals surface area contributed by atoms with E-state index in [1.54, 1.807) is 9.80 Å². The maximum Gasteiger partial charge on any atom is 0.246 e. The number of aliphatic hydroxyl groups excluding tert-OH is 1. The third kappa shape index (κ3) is 7.56. The first kappa shape index (κ1) is 36.4. The number of piperidine rings is 1. The minimum atomic E-state index is -0.820. The largest absolute Gasteiger partial charge is 0.391 e. The summed E-state index contributed by atoms with van der Waals surface area (Å²) in [7, 11) is 0. The highest BCUT2D eigenvalue weighted by Gasteiger charge is 2.47. The summed E-state index contributed by atoms with van der Waals surface area (Å²) in [6, 6.07) is 29.4. The van der Waals surface area contributed by atoms with Crippen LogP contribution in [-0.2, 0) is 19.8 Å². The average molecular weight is 705 g/mol. The van der Waals surface area contributed by atoms with Gasteiger partial charge in [0.15, 0.2) is 0 Å². The van der Waals surface area contributed by atoms with E-state index in [0.29, 0.717) is 31.5 Å². The van der Waals surface area contributed by atoms with Gasteiger partial charge in [-0.2, -0.15) is 0 Å². The Morgan fingerprint density at radius 1 is 0.731 bits per heavy atom. The molecule has 8 nitrogen and oxygen atoms in total. The van der Waals surface area contributed by atoms with Gasteiger partial charge in [-0.05, 0) is 80.5 Å². The van der Waals surface area contributed by atoms with Gasteiger partial charge in [0.1, 0.15) is 12.1 Å². The number of carbonyl (C=O) groups excluding carboxylic acids is 3. The molecule has 3 aromatic carbocycles. The van der Waals surface area contributed by atoms with E-state index in [1.165, 1.54) is 25.7 Å². The molecule has 7 rings (SSSR count). The molecule has 4 fully saturated rings. The number of hydrogen-bond donors (Lipinski definition) is 2. The molecule has 0 radical (unpaired) electrons. The number of aliphatic hydroxyl groups is 1. The van der Waals surface area contributed by atoms with Crippen molar-refractivity contribution in [2.24, 2.45) is 11.8 Å². The fraction of sp³-hybridized carbons (Fsp3) is 0.523. The van der Waals surface area contributed by atoms with Gasteiger partial charge in [0.25, 0.3) is 0 Å². The quantitative estimate of drug-likeness (QED) is 0.248. The van der Waals surface area contributed by atoms with Crippen LogP contribution in [0, 0.1) is 11.8 Å². The molecule has 1 saturated carbocycles. The van der Waals surface area contributed by atoms with E-state index in [1.807, 2.05) is 54.6 Å². The summed E-state index contributed by atoms with van der Waals surface area (Å²) in [5.74, 6) is 0.670. The number of carbonyl (C=O) groups is 3. The average Bonchev–Trinajstić information content (AvgIpc) is 3.99. The summed E-state index contributed by atoms with van der Waals surface area (Å²) in [5, 5.41) is 14.2. The SMILES string of the molecule is CC(C1CCCC1)N1CCC[C@@H](CNC(=O)[C@H]2CCCN2C(=O)[C@@H]2C[C@@H](O)CN2C(=O)CC(c2ccccc2)(c2ccccc2)c2ccccc2)C1. The Labute approximate surface area is 309 Å². The van der Waals surface area contributed by atoms with E-state index in [0.717, 1.165) is 55.0 Å². The van der Waals surface area contributed by atoms with Gasteiger partial charge in [-0.25, -0.2) is 0 Å². The second-order valence-electron chi connectivity index (χ2n) is 15.9. The summed E-state index contributed by atoms with van der Waals surface area (Å²) in [5.41, 5.74) is 2.12. The fourth-order valence-electron chi connectivity index (χ4n) is 9.86. The van der Waals surface area contributed by atoms with E-state index >= 15 is 0 Å². The molecule has 4 aliphatic rings. The molecule has 0 aromatic heterocycles. The molecule has 8 heteroatoms. The first-order valence-electron chi connectivity index (χ1n) is 19.8. The molecule has 3 aliphatic heterocycles. The van der Waals surface area contributed by atoms with Crippen molar-refractivity contribution in [1.29, 1.82) is 0 Å². The fourth-order valence-corrected chi connectivity index (χ4v) is 9.86. The Bertz CT molecular complexity index is 1550. The van der Waals surface area contributed by atoms with Gasteiger partial charge in [0, 0.05) is 45.1 Å². The van der Waals surface area contributed by atoms with E-state index in [-0.39, 0.29) is 37.1 Å². The molecule has 0 bridgehead atoms. The molecule has 276 valence electrons. The third-order valence-corrected chi connectivity index (χ3v) is 12.7. The topological polar surface area (TPSA) is 93.2 Å². The van der Waals surface area contributed by atoms with Crippen molar-refractivity contribution in [1.82, 2.24) is 20.0 Å². The zero-order valence-corrected chi connectivity index (χ0v) is 30.7. The van der Waals surface area contributed by atoms with Gasteiger partial charge in [-0.3, -0.25) is 14.4 Å². The molecule has 52 heavy (non-hydrogen) atoms. The lowest BCUT2D eigenvalue weighted by molar-refractivity contribution is -0.147.